The zero-order valence-electron chi connectivity index (χ0n) is 14.9. The molecule has 1 saturated heterocycles. The SMILES string of the molecule is COc1cc(C)cc(C/C=C/[Si](C)(C)C)c1N1CCCCC1. The standard InChI is InChI=1S/C19H31NOSi/c1-16-14-17(10-9-13-22(3,4)5)19(18(15-16)21-2)20-11-7-6-8-12-20/h9,13-15H,6-8,10-12H2,1-5H3/b13-9+. The highest BCUT2D eigenvalue weighted by Gasteiger charge is 2.19. The first-order valence-electron chi connectivity index (χ1n) is 8.51. The van der Waals surface area contributed by atoms with Gasteiger partial charge in [0.2, 0.25) is 0 Å². The molecule has 1 aromatic carbocycles. The molecule has 0 aliphatic carbocycles. The van der Waals surface area contributed by atoms with Crippen molar-refractivity contribution in [2.24, 2.45) is 0 Å². The van der Waals surface area contributed by atoms with E-state index in [1.165, 1.54) is 36.1 Å². The number of hydrogen-bond acceptors (Lipinski definition) is 2. The van der Waals surface area contributed by atoms with Crippen LogP contribution in [0.25, 0.3) is 0 Å². The normalized spacial score (nSPS) is 16.3. The molecule has 1 aromatic rings. The molecule has 0 bridgehead atoms. The molecule has 1 aliphatic rings. The Morgan fingerprint density at radius 2 is 1.82 bits per heavy atom. The minimum Gasteiger partial charge on any atom is -0.495 e. The minimum atomic E-state index is -1.13. The van der Waals surface area contributed by atoms with Gasteiger partial charge in [0.25, 0.3) is 0 Å². The molecule has 1 heterocycles. The smallest absolute Gasteiger partial charge is 0.142 e. The van der Waals surface area contributed by atoms with Crippen LogP contribution in [0, 0.1) is 6.92 Å². The minimum absolute atomic E-state index is 1.01. The van der Waals surface area contributed by atoms with Gasteiger partial charge in [-0.05, 0) is 49.8 Å². The molecule has 122 valence electrons. The van der Waals surface area contributed by atoms with Gasteiger partial charge in [-0.15, -0.1) is 0 Å². The first-order valence-corrected chi connectivity index (χ1v) is 12.1. The van der Waals surface area contributed by atoms with Crippen LogP contribution in [0.2, 0.25) is 19.6 Å². The van der Waals surface area contributed by atoms with Crippen LogP contribution in [0.15, 0.2) is 23.9 Å². The van der Waals surface area contributed by atoms with E-state index in [9.17, 15) is 0 Å². The van der Waals surface area contributed by atoms with E-state index in [1.807, 2.05) is 0 Å². The molecule has 2 rings (SSSR count). The van der Waals surface area contributed by atoms with Gasteiger partial charge in [0.1, 0.15) is 5.75 Å². The van der Waals surface area contributed by atoms with Crippen molar-refractivity contribution in [1.29, 1.82) is 0 Å². The van der Waals surface area contributed by atoms with Gasteiger partial charge in [0, 0.05) is 13.1 Å². The third-order valence-corrected chi connectivity index (χ3v) is 5.38. The third-order valence-electron chi connectivity index (χ3n) is 4.15. The summed E-state index contributed by atoms with van der Waals surface area (Å²) in [5, 5.41) is 0. The maximum absolute atomic E-state index is 5.71. The van der Waals surface area contributed by atoms with E-state index in [-0.39, 0.29) is 0 Å². The fraction of sp³-hybridized carbons (Fsp3) is 0.579. The van der Waals surface area contributed by atoms with E-state index in [1.54, 1.807) is 7.11 Å². The third kappa shape index (κ3) is 4.64. The van der Waals surface area contributed by atoms with Crippen LogP contribution in [0.1, 0.15) is 30.4 Å². The van der Waals surface area contributed by atoms with Gasteiger partial charge < -0.3 is 9.64 Å². The highest BCUT2D eigenvalue weighted by Crippen LogP contribution is 2.36. The molecule has 0 radical (unpaired) electrons. The number of nitrogens with zero attached hydrogens (tertiary/aromatic N) is 1. The monoisotopic (exact) mass is 317 g/mol. The zero-order chi connectivity index (χ0) is 16.2. The Morgan fingerprint density at radius 3 is 2.41 bits per heavy atom. The molecule has 0 N–H and O–H groups in total. The Labute approximate surface area is 137 Å². The van der Waals surface area contributed by atoms with Gasteiger partial charge in [-0.2, -0.15) is 0 Å². The van der Waals surface area contributed by atoms with Crippen molar-refractivity contribution >= 4 is 13.8 Å². The summed E-state index contributed by atoms with van der Waals surface area (Å²) in [4.78, 5) is 2.53. The van der Waals surface area contributed by atoms with Crippen molar-refractivity contribution in [3.63, 3.8) is 0 Å². The van der Waals surface area contributed by atoms with Crippen molar-refractivity contribution in [3.05, 3.63) is 35.0 Å². The second-order valence-electron chi connectivity index (χ2n) is 7.50. The summed E-state index contributed by atoms with van der Waals surface area (Å²) in [6, 6.07) is 4.51. The molecule has 2 nitrogen and oxygen atoms in total. The summed E-state index contributed by atoms with van der Waals surface area (Å²) < 4.78 is 5.71. The maximum Gasteiger partial charge on any atom is 0.142 e. The second-order valence-corrected chi connectivity index (χ2v) is 12.6. The molecule has 0 spiro atoms. The number of methoxy groups -OCH3 is 1. The van der Waals surface area contributed by atoms with Crippen LogP contribution in [0.3, 0.4) is 0 Å². The van der Waals surface area contributed by atoms with E-state index in [0.29, 0.717) is 0 Å². The zero-order valence-corrected chi connectivity index (χ0v) is 15.9. The van der Waals surface area contributed by atoms with Gasteiger partial charge in [0.05, 0.1) is 20.9 Å². The van der Waals surface area contributed by atoms with Crippen LogP contribution >= 0.6 is 0 Å². The predicted molar refractivity (Wildman–Crippen MR) is 100.0 cm³/mol. The number of rotatable bonds is 5. The molecule has 0 unspecified atom stereocenters. The lowest BCUT2D eigenvalue weighted by Crippen LogP contribution is -2.30. The molecular weight excluding hydrogens is 286 g/mol. The molecule has 3 heteroatoms. The Hall–Kier alpha value is -1.22. The number of aryl methyl sites for hydroxylation is 1. The Morgan fingerprint density at radius 1 is 1.14 bits per heavy atom. The summed E-state index contributed by atoms with van der Waals surface area (Å²) in [7, 11) is 0.667. The Balaban J connectivity index is 2.33. The molecule has 0 saturated carbocycles. The number of ether oxygens (including phenoxy) is 1. The van der Waals surface area contributed by atoms with Gasteiger partial charge in [0.15, 0.2) is 0 Å². The van der Waals surface area contributed by atoms with Crippen molar-refractivity contribution < 1.29 is 4.74 Å². The summed E-state index contributed by atoms with van der Waals surface area (Å²) >= 11 is 0. The number of benzene rings is 1. The van der Waals surface area contributed by atoms with Crippen LogP contribution in [0.4, 0.5) is 5.69 Å². The average Bonchev–Trinajstić information content (AvgIpc) is 2.46. The molecule has 1 aliphatic heterocycles. The number of allylic oxidation sites excluding steroid dienone is 1. The topological polar surface area (TPSA) is 12.5 Å². The van der Waals surface area contributed by atoms with Crippen LogP contribution in [0.5, 0.6) is 5.75 Å². The fourth-order valence-corrected chi connectivity index (χ4v) is 3.97. The lowest BCUT2D eigenvalue weighted by Gasteiger charge is -2.32. The summed E-state index contributed by atoms with van der Waals surface area (Å²) in [6.07, 6.45) is 7.32. The van der Waals surface area contributed by atoms with Crippen molar-refractivity contribution in [2.45, 2.75) is 52.2 Å². The van der Waals surface area contributed by atoms with Crippen molar-refractivity contribution in [1.82, 2.24) is 0 Å². The highest BCUT2D eigenvalue weighted by molar-refractivity contribution is 6.80. The Kier molecular flexibility index (Phi) is 5.73. The van der Waals surface area contributed by atoms with Crippen molar-refractivity contribution in [2.75, 3.05) is 25.1 Å². The van der Waals surface area contributed by atoms with Gasteiger partial charge in [-0.25, -0.2) is 0 Å². The quantitative estimate of drug-likeness (QED) is 0.711. The average molecular weight is 318 g/mol. The van der Waals surface area contributed by atoms with Gasteiger partial charge >= 0.3 is 0 Å². The summed E-state index contributed by atoms with van der Waals surface area (Å²) in [5.74, 6) is 1.04. The van der Waals surface area contributed by atoms with Crippen LogP contribution in [-0.4, -0.2) is 28.3 Å². The van der Waals surface area contributed by atoms with E-state index in [0.717, 1.165) is 25.3 Å². The van der Waals surface area contributed by atoms with Crippen LogP contribution in [-0.2, 0) is 6.42 Å². The van der Waals surface area contributed by atoms with Gasteiger partial charge in [-0.1, -0.05) is 37.5 Å². The second kappa shape index (κ2) is 7.36. The lowest BCUT2D eigenvalue weighted by molar-refractivity contribution is 0.412. The van der Waals surface area contributed by atoms with Crippen LogP contribution < -0.4 is 9.64 Å². The molecule has 22 heavy (non-hydrogen) atoms. The Bertz CT molecular complexity index is 525. The van der Waals surface area contributed by atoms with E-state index >= 15 is 0 Å². The molecule has 0 atom stereocenters. The first kappa shape index (κ1) is 17.1. The maximum atomic E-state index is 5.71. The summed E-state index contributed by atoms with van der Waals surface area (Å²) in [6.45, 7) is 11.6. The van der Waals surface area contributed by atoms with E-state index < -0.39 is 8.07 Å². The van der Waals surface area contributed by atoms with Gasteiger partial charge in [-0.3, -0.25) is 0 Å². The molecule has 0 amide bonds. The molecule has 1 fully saturated rings. The van der Waals surface area contributed by atoms with E-state index in [4.69, 9.17) is 4.74 Å². The largest absolute Gasteiger partial charge is 0.495 e. The first-order chi connectivity index (χ1) is 10.4. The number of anilines is 1. The highest BCUT2D eigenvalue weighted by atomic mass is 28.3. The lowest BCUT2D eigenvalue weighted by atomic mass is 10.0. The predicted octanol–water partition coefficient (Wildman–Crippen LogP) is 4.97. The van der Waals surface area contributed by atoms with E-state index in [2.05, 4.69) is 55.4 Å². The number of piperidine rings is 1. The molecular formula is C19H31NOSi. The van der Waals surface area contributed by atoms with Crippen molar-refractivity contribution in [3.8, 4) is 5.75 Å². The fourth-order valence-electron chi connectivity index (χ4n) is 3.15. The molecule has 0 aromatic heterocycles. The number of hydrogen-bond donors (Lipinski definition) is 0. The summed E-state index contributed by atoms with van der Waals surface area (Å²) in [5.41, 5.74) is 6.47.